The lowest BCUT2D eigenvalue weighted by Crippen LogP contribution is -2.44. The molecular formula is C22H32N2O5. The molecule has 0 aromatic heterocycles. The highest BCUT2D eigenvalue weighted by molar-refractivity contribution is 5.95. The fourth-order valence-corrected chi connectivity index (χ4v) is 4.73. The van der Waals surface area contributed by atoms with Gasteiger partial charge < -0.3 is 23.8 Å². The summed E-state index contributed by atoms with van der Waals surface area (Å²) >= 11 is 0. The summed E-state index contributed by atoms with van der Waals surface area (Å²) in [7, 11) is 3.20. The zero-order chi connectivity index (χ0) is 20.3. The van der Waals surface area contributed by atoms with Crippen molar-refractivity contribution in [2.24, 2.45) is 5.41 Å². The molecule has 1 aromatic carbocycles. The Morgan fingerprint density at radius 3 is 2.34 bits per heavy atom. The molecule has 7 nitrogen and oxygen atoms in total. The Bertz CT molecular complexity index is 689. The second-order valence-corrected chi connectivity index (χ2v) is 8.44. The van der Waals surface area contributed by atoms with Gasteiger partial charge in [-0.2, -0.15) is 0 Å². The van der Waals surface area contributed by atoms with Gasteiger partial charge in [0, 0.05) is 44.4 Å². The molecule has 3 aliphatic rings. The molecule has 160 valence electrons. The van der Waals surface area contributed by atoms with Gasteiger partial charge in [-0.15, -0.1) is 0 Å². The molecule has 1 spiro atoms. The standard InChI is InChI=1S/C22H32N2O5/c1-26-18-11-17(12-19(13-18)27-2)21(25)24-5-3-22(4-6-24)14-20(29-16-22)15-23-7-9-28-10-8-23/h11-13,20H,3-10,14-16H2,1-2H3/t20-/m0/s1. The predicted octanol–water partition coefficient (Wildman–Crippen LogP) is 2.05. The van der Waals surface area contributed by atoms with Crippen LogP contribution in [0, 0.1) is 5.41 Å². The maximum Gasteiger partial charge on any atom is 0.254 e. The molecule has 3 saturated heterocycles. The number of nitrogens with zero attached hydrogens (tertiary/aromatic N) is 2. The molecule has 3 fully saturated rings. The normalized spacial score (nSPS) is 24.6. The van der Waals surface area contributed by atoms with Crippen LogP contribution < -0.4 is 9.47 Å². The number of methoxy groups -OCH3 is 2. The summed E-state index contributed by atoms with van der Waals surface area (Å²) in [4.78, 5) is 17.4. The van der Waals surface area contributed by atoms with Crippen molar-refractivity contribution in [3.05, 3.63) is 23.8 Å². The molecule has 1 aromatic rings. The van der Waals surface area contributed by atoms with Crippen LogP contribution in [0.2, 0.25) is 0 Å². The first kappa shape index (κ1) is 20.4. The Morgan fingerprint density at radius 2 is 1.72 bits per heavy atom. The van der Waals surface area contributed by atoms with Gasteiger partial charge >= 0.3 is 0 Å². The van der Waals surface area contributed by atoms with Gasteiger partial charge in [0.2, 0.25) is 0 Å². The third-order valence-electron chi connectivity index (χ3n) is 6.56. The lowest BCUT2D eigenvalue weighted by Gasteiger charge is -2.38. The van der Waals surface area contributed by atoms with E-state index < -0.39 is 0 Å². The van der Waals surface area contributed by atoms with E-state index in [1.165, 1.54) is 0 Å². The zero-order valence-electron chi connectivity index (χ0n) is 17.5. The highest BCUT2D eigenvalue weighted by Crippen LogP contribution is 2.42. The van der Waals surface area contributed by atoms with Gasteiger partial charge in [-0.05, 0) is 36.8 Å². The lowest BCUT2D eigenvalue weighted by molar-refractivity contribution is 0.00524. The molecule has 3 aliphatic heterocycles. The Hall–Kier alpha value is -1.83. The molecule has 0 bridgehead atoms. The molecule has 1 amide bonds. The van der Waals surface area contributed by atoms with Gasteiger partial charge in [-0.1, -0.05) is 0 Å². The predicted molar refractivity (Wildman–Crippen MR) is 109 cm³/mol. The van der Waals surface area contributed by atoms with E-state index in [1.54, 1.807) is 32.4 Å². The fraction of sp³-hybridized carbons (Fsp3) is 0.682. The van der Waals surface area contributed by atoms with Crippen molar-refractivity contribution in [1.82, 2.24) is 9.80 Å². The van der Waals surface area contributed by atoms with E-state index in [9.17, 15) is 4.79 Å². The van der Waals surface area contributed by atoms with E-state index in [0.717, 1.165) is 71.8 Å². The minimum Gasteiger partial charge on any atom is -0.497 e. The molecule has 3 heterocycles. The van der Waals surface area contributed by atoms with E-state index in [2.05, 4.69) is 4.90 Å². The largest absolute Gasteiger partial charge is 0.497 e. The van der Waals surface area contributed by atoms with Crippen LogP contribution in [-0.4, -0.2) is 88.6 Å². The first-order chi connectivity index (χ1) is 14.1. The van der Waals surface area contributed by atoms with E-state index >= 15 is 0 Å². The van der Waals surface area contributed by atoms with Crippen LogP contribution in [0.1, 0.15) is 29.6 Å². The Morgan fingerprint density at radius 1 is 1.07 bits per heavy atom. The van der Waals surface area contributed by atoms with Crippen molar-refractivity contribution in [3.63, 3.8) is 0 Å². The monoisotopic (exact) mass is 404 g/mol. The van der Waals surface area contributed by atoms with Crippen LogP contribution in [0.5, 0.6) is 11.5 Å². The number of rotatable bonds is 5. The lowest BCUT2D eigenvalue weighted by atomic mass is 9.76. The molecular weight excluding hydrogens is 372 g/mol. The molecule has 4 rings (SSSR count). The van der Waals surface area contributed by atoms with Gasteiger partial charge in [0.25, 0.3) is 5.91 Å². The Labute approximate surface area is 172 Å². The van der Waals surface area contributed by atoms with Crippen molar-refractivity contribution in [3.8, 4) is 11.5 Å². The summed E-state index contributed by atoms with van der Waals surface area (Å²) in [5.74, 6) is 1.31. The van der Waals surface area contributed by atoms with Gasteiger partial charge in [0.1, 0.15) is 11.5 Å². The topological polar surface area (TPSA) is 60.5 Å². The minimum atomic E-state index is 0.0424. The van der Waals surface area contributed by atoms with E-state index in [1.807, 2.05) is 4.90 Å². The minimum absolute atomic E-state index is 0.0424. The number of piperidine rings is 1. The summed E-state index contributed by atoms with van der Waals surface area (Å²) in [5, 5.41) is 0. The number of hydrogen-bond donors (Lipinski definition) is 0. The van der Waals surface area contributed by atoms with Gasteiger partial charge in [0.05, 0.1) is 40.1 Å². The van der Waals surface area contributed by atoms with Crippen LogP contribution in [0.15, 0.2) is 18.2 Å². The zero-order valence-corrected chi connectivity index (χ0v) is 17.5. The number of hydrogen-bond acceptors (Lipinski definition) is 6. The van der Waals surface area contributed by atoms with Crippen molar-refractivity contribution in [2.75, 3.05) is 66.8 Å². The number of carbonyl (C=O) groups excluding carboxylic acids is 1. The van der Waals surface area contributed by atoms with Crippen molar-refractivity contribution < 1.29 is 23.7 Å². The summed E-state index contributed by atoms with van der Waals surface area (Å²) in [6.07, 6.45) is 3.40. The van der Waals surface area contributed by atoms with E-state index in [4.69, 9.17) is 18.9 Å². The molecule has 0 aliphatic carbocycles. The number of amides is 1. The van der Waals surface area contributed by atoms with E-state index in [0.29, 0.717) is 23.2 Å². The highest BCUT2D eigenvalue weighted by atomic mass is 16.5. The number of carbonyl (C=O) groups is 1. The molecule has 0 unspecified atom stereocenters. The summed E-state index contributed by atoms with van der Waals surface area (Å²) in [6, 6.07) is 5.35. The first-order valence-electron chi connectivity index (χ1n) is 10.5. The number of morpholine rings is 1. The molecule has 7 heteroatoms. The second kappa shape index (κ2) is 8.90. The summed E-state index contributed by atoms with van der Waals surface area (Å²) in [6.45, 7) is 7.00. The Kier molecular flexibility index (Phi) is 6.27. The quantitative estimate of drug-likeness (QED) is 0.749. The van der Waals surface area contributed by atoms with Crippen LogP contribution in [0.3, 0.4) is 0 Å². The fourth-order valence-electron chi connectivity index (χ4n) is 4.73. The highest BCUT2D eigenvalue weighted by Gasteiger charge is 2.43. The van der Waals surface area contributed by atoms with Crippen LogP contribution in [0.25, 0.3) is 0 Å². The summed E-state index contributed by atoms with van der Waals surface area (Å²) in [5.41, 5.74) is 0.838. The number of likely N-dealkylation sites (tertiary alicyclic amines) is 1. The van der Waals surface area contributed by atoms with Crippen LogP contribution in [-0.2, 0) is 9.47 Å². The maximum absolute atomic E-state index is 13.0. The van der Waals surface area contributed by atoms with Crippen LogP contribution >= 0.6 is 0 Å². The van der Waals surface area contributed by atoms with E-state index in [-0.39, 0.29) is 11.3 Å². The third-order valence-corrected chi connectivity index (χ3v) is 6.56. The van der Waals surface area contributed by atoms with Crippen molar-refractivity contribution >= 4 is 5.91 Å². The number of benzene rings is 1. The average molecular weight is 405 g/mol. The van der Waals surface area contributed by atoms with Crippen molar-refractivity contribution in [2.45, 2.75) is 25.4 Å². The molecule has 0 radical (unpaired) electrons. The average Bonchev–Trinajstić information content (AvgIpc) is 3.15. The maximum atomic E-state index is 13.0. The molecule has 0 saturated carbocycles. The van der Waals surface area contributed by atoms with Crippen LogP contribution in [0.4, 0.5) is 0 Å². The smallest absolute Gasteiger partial charge is 0.254 e. The first-order valence-corrected chi connectivity index (χ1v) is 10.5. The SMILES string of the molecule is COc1cc(OC)cc(C(=O)N2CCC3(CC2)CO[C@H](CN2CCOCC2)C3)c1. The van der Waals surface area contributed by atoms with Gasteiger partial charge in [0.15, 0.2) is 0 Å². The molecule has 0 N–H and O–H groups in total. The number of ether oxygens (including phenoxy) is 4. The van der Waals surface area contributed by atoms with Gasteiger partial charge in [-0.25, -0.2) is 0 Å². The molecule has 1 atom stereocenters. The summed E-state index contributed by atoms with van der Waals surface area (Å²) < 4.78 is 22.2. The van der Waals surface area contributed by atoms with Gasteiger partial charge in [-0.3, -0.25) is 9.69 Å². The second-order valence-electron chi connectivity index (χ2n) is 8.44. The third kappa shape index (κ3) is 4.68. The van der Waals surface area contributed by atoms with Crippen molar-refractivity contribution in [1.29, 1.82) is 0 Å². The molecule has 29 heavy (non-hydrogen) atoms. The Balaban J connectivity index is 1.33.